The van der Waals surface area contributed by atoms with Gasteiger partial charge in [-0.3, -0.25) is 4.79 Å². The lowest BCUT2D eigenvalue weighted by Gasteiger charge is -2.36. The van der Waals surface area contributed by atoms with E-state index < -0.39 is 0 Å². The molecule has 1 heterocycles. The smallest absolute Gasteiger partial charge is 0.241 e. The summed E-state index contributed by atoms with van der Waals surface area (Å²) in [7, 11) is 1.69. The highest BCUT2D eigenvalue weighted by atomic mass is 35.5. The van der Waals surface area contributed by atoms with Crippen LogP contribution in [0.3, 0.4) is 0 Å². The second-order valence-corrected chi connectivity index (χ2v) is 5.76. The van der Waals surface area contributed by atoms with E-state index in [1.165, 1.54) is 0 Å². The topological polar surface area (TPSA) is 44.8 Å². The molecule has 3 rings (SSSR count). The first-order valence-electron chi connectivity index (χ1n) is 8.22. The lowest BCUT2D eigenvalue weighted by molar-refractivity contribution is -0.129. The van der Waals surface area contributed by atoms with Crippen LogP contribution in [-0.2, 0) is 4.79 Å². The van der Waals surface area contributed by atoms with E-state index in [2.05, 4.69) is 16.3 Å². The van der Waals surface area contributed by atoms with Crippen LogP contribution in [0.5, 0.6) is 5.75 Å². The number of hydrogen-bond donors (Lipinski definition) is 1. The molecule has 0 radical (unpaired) electrons. The Morgan fingerprint density at radius 3 is 2.23 bits per heavy atom. The number of hydrogen-bond acceptors (Lipinski definition) is 4. The van der Waals surface area contributed by atoms with E-state index in [-0.39, 0.29) is 30.7 Å². The molecule has 2 aromatic rings. The van der Waals surface area contributed by atoms with Crippen molar-refractivity contribution in [3.05, 3.63) is 54.6 Å². The maximum Gasteiger partial charge on any atom is 0.241 e. The quantitative estimate of drug-likeness (QED) is 0.840. The number of para-hydroxylation sites is 3. The summed E-state index contributed by atoms with van der Waals surface area (Å²) in [6, 6.07) is 17.8. The second-order valence-electron chi connectivity index (χ2n) is 5.76. The minimum atomic E-state index is 0. The van der Waals surface area contributed by atoms with Gasteiger partial charge in [-0.2, -0.15) is 0 Å². The summed E-state index contributed by atoms with van der Waals surface area (Å²) < 4.78 is 5.43. The Bertz CT molecular complexity index is 677. The van der Waals surface area contributed by atoms with Crippen molar-refractivity contribution in [2.75, 3.05) is 50.1 Å². The second kappa shape index (κ2) is 10.8. The Hall–Kier alpha value is -2.11. The number of piperazine rings is 1. The van der Waals surface area contributed by atoms with Crippen LogP contribution in [0.1, 0.15) is 0 Å². The number of benzene rings is 2. The normalized spacial score (nSPS) is 13.3. The SMILES string of the molecule is COc1ccccc1N1CCN(C(=O)CNc2ccccc2)CC1.Cl.Cl. The molecule has 2 aromatic carbocycles. The molecule has 5 nitrogen and oxygen atoms in total. The van der Waals surface area contributed by atoms with E-state index in [9.17, 15) is 4.79 Å². The number of nitrogens with one attached hydrogen (secondary N) is 1. The molecule has 1 amide bonds. The summed E-state index contributed by atoms with van der Waals surface area (Å²) in [4.78, 5) is 16.5. The highest BCUT2D eigenvalue weighted by Crippen LogP contribution is 2.28. The van der Waals surface area contributed by atoms with Crippen molar-refractivity contribution in [1.82, 2.24) is 4.90 Å². The van der Waals surface area contributed by atoms with Gasteiger partial charge in [-0.25, -0.2) is 0 Å². The van der Waals surface area contributed by atoms with Crippen molar-refractivity contribution in [2.45, 2.75) is 0 Å². The molecular weight excluding hydrogens is 373 g/mol. The molecule has 0 aliphatic carbocycles. The van der Waals surface area contributed by atoms with Crippen molar-refractivity contribution < 1.29 is 9.53 Å². The molecule has 1 aliphatic heterocycles. The van der Waals surface area contributed by atoms with Crippen molar-refractivity contribution in [3.8, 4) is 5.75 Å². The van der Waals surface area contributed by atoms with Crippen LogP contribution in [0.15, 0.2) is 54.6 Å². The minimum absolute atomic E-state index is 0. The molecule has 1 N–H and O–H groups in total. The Kier molecular flexibility index (Phi) is 9.10. The number of anilines is 2. The molecule has 0 unspecified atom stereocenters. The van der Waals surface area contributed by atoms with E-state index in [0.29, 0.717) is 6.54 Å². The Morgan fingerprint density at radius 1 is 0.962 bits per heavy atom. The maximum atomic E-state index is 12.4. The van der Waals surface area contributed by atoms with Gasteiger partial charge in [0.2, 0.25) is 5.91 Å². The zero-order chi connectivity index (χ0) is 16.8. The summed E-state index contributed by atoms with van der Waals surface area (Å²) >= 11 is 0. The molecule has 0 spiro atoms. The van der Waals surface area contributed by atoms with Crippen LogP contribution in [0.2, 0.25) is 0 Å². The molecule has 142 valence electrons. The first-order valence-corrected chi connectivity index (χ1v) is 8.22. The van der Waals surface area contributed by atoms with E-state index >= 15 is 0 Å². The summed E-state index contributed by atoms with van der Waals surface area (Å²) in [6.45, 7) is 3.42. The Labute approximate surface area is 167 Å². The first-order chi connectivity index (χ1) is 11.8. The van der Waals surface area contributed by atoms with Gasteiger partial charge in [0.1, 0.15) is 5.75 Å². The highest BCUT2D eigenvalue weighted by Gasteiger charge is 2.22. The molecule has 1 fully saturated rings. The lowest BCUT2D eigenvalue weighted by atomic mass is 10.2. The number of carbonyl (C=O) groups is 1. The van der Waals surface area contributed by atoms with Crippen LogP contribution in [0.4, 0.5) is 11.4 Å². The molecule has 1 saturated heterocycles. The number of carbonyl (C=O) groups excluding carboxylic acids is 1. The average Bonchev–Trinajstić information content (AvgIpc) is 2.67. The van der Waals surface area contributed by atoms with Crippen molar-refractivity contribution in [2.24, 2.45) is 0 Å². The molecule has 0 bridgehead atoms. The van der Waals surface area contributed by atoms with Crippen LogP contribution in [0, 0.1) is 0 Å². The van der Waals surface area contributed by atoms with Crippen LogP contribution in [0.25, 0.3) is 0 Å². The van der Waals surface area contributed by atoms with E-state index in [0.717, 1.165) is 43.3 Å². The maximum absolute atomic E-state index is 12.4. The predicted molar refractivity (Wildman–Crippen MR) is 111 cm³/mol. The molecule has 0 atom stereocenters. The van der Waals surface area contributed by atoms with Gasteiger partial charge < -0.3 is 19.9 Å². The fraction of sp³-hybridized carbons (Fsp3) is 0.316. The van der Waals surface area contributed by atoms with Crippen molar-refractivity contribution in [3.63, 3.8) is 0 Å². The van der Waals surface area contributed by atoms with Crippen LogP contribution in [-0.4, -0.2) is 50.6 Å². The zero-order valence-corrected chi connectivity index (χ0v) is 16.4. The number of methoxy groups -OCH3 is 1. The molecule has 7 heteroatoms. The monoisotopic (exact) mass is 397 g/mol. The third kappa shape index (κ3) is 5.44. The lowest BCUT2D eigenvalue weighted by Crippen LogP contribution is -2.50. The Balaban J connectivity index is 0.00000169. The van der Waals surface area contributed by atoms with Crippen LogP contribution < -0.4 is 15.0 Å². The molecular formula is C19H25Cl2N3O2. The minimum Gasteiger partial charge on any atom is -0.495 e. The number of halogens is 2. The fourth-order valence-electron chi connectivity index (χ4n) is 2.93. The van der Waals surface area contributed by atoms with Gasteiger partial charge in [-0.05, 0) is 24.3 Å². The number of ether oxygens (including phenoxy) is 1. The van der Waals surface area contributed by atoms with E-state index in [1.54, 1.807) is 7.11 Å². The van der Waals surface area contributed by atoms with E-state index in [1.807, 2.05) is 53.4 Å². The third-order valence-electron chi connectivity index (χ3n) is 4.28. The zero-order valence-electron chi connectivity index (χ0n) is 14.8. The number of rotatable bonds is 5. The van der Waals surface area contributed by atoms with Gasteiger partial charge in [0.15, 0.2) is 0 Å². The summed E-state index contributed by atoms with van der Waals surface area (Å²) in [5.41, 5.74) is 2.06. The van der Waals surface area contributed by atoms with Gasteiger partial charge >= 0.3 is 0 Å². The fourth-order valence-corrected chi connectivity index (χ4v) is 2.93. The number of amides is 1. The van der Waals surface area contributed by atoms with Gasteiger partial charge in [0.05, 0.1) is 19.3 Å². The molecule has 26 heavy (non-hydrogen) atoms. The van der Waals surface area contributed by atoms with Gasteiger partial charge in [0.25, 0.3) is 0 Å². The summed E-state index contributed by atoms with van der Waals surface area (Å²) in [5, 5.41) is 3.18. The summed E-state index contributed by atoms with van der Waals surface area (Å²) in [6.07, 6.45) is 0. The first kappa shape index (κ1) is 21.9. The molecule has 1 aliphatic rings. The molecule has 0 saturated carbocycles. The van der Waals surface area contributed by atoms with E-state index in [4.69, 9.17) is 4.74 Å². The standard InChI is InChI=1S/C19H23N3O2.2ClH/c1-24-18-10-6-5-9-17(18)21-11-13-22(14-12-21)19(23)15-20-16-7-3-2-4-8-16;;/h2-10,20H,11-15H2,1H3;2*1H. The highest BCUT2D eigenvalue weighted by molar-refractivity contribution is 5.85. The average molecular weight is 398 g/mol. The largest absolute Gasteiger partial charge is 0.495 e. The van der Waals surface area contributed by atoms with Crippen molar-refractivity contribution in [1.29, 1.82) is 0 Å². The number of nitrogens with zero attached hydrogens (tertiary/aromatic N) is 2. The third-order valence-corrected chi connectivity index (χ3v) is 4.28. The summed E-state index contributed by atoms with van der Waals surface area (Å²) in [5.74, 6) is 1.02. The van der Waals surface area contributed by atoms with Gasteiger partial charge in [-0.15, -0.1) is 24.8 Å². The van der Waals surface area contributed by atoms with Gasteiger partial charge in [0, 0.05) is 31.9 Å². The van der Waals surface area contributed by atoms with Crippen LogP contribution >= 0.6 is 24.8 Å². The Morgan fingerprint density at radius 2 is 1.58 bits per heavy atom. The predicted octanol–water partition coefficient (Wildman–Crippen LogP) is 3.30. The molecule has 0 aromatic heterocycles. The van der Waals surface area contributed by atoms with Crippen molar-refractivity contribution >= 4 is 42.1 Å². The van der Waals surface area contributed by atoms with Gasteiger partial charge in [-0.1, -0.05) is 30.3 Å².